The van der Waals surface area contributed by atoms with Gasteiger partial charge in [-0.25, -0.2) is 0 Å². The van der Waals surface area contributed by atoms with Crippen molar-refractivity contribution in [3.05, 3.63) is 60.8 Å². The largest absolute Gasteiger partial charge is 0.461 e. The molecule has 1 aromatic rings. The molecule has 1 aliphatic rings. The van der Waals surface area contributed by atoms with Gasteiger partial charge in [0.1, 0.15) is 12.0 Å². The van der Waals surface area contributed by atoms with Crippen LogP contribution in [-0.4, -0.2) is 29.8 Å². The number of hydrogen-bond donors (Lipinski definition) is 0. The molecule has 0 N–H and O–H groups in total. The number of allylic oxidation sites excluding steroid dienone is 1. The van der Waals surface area contributed by atoms with Gasteiger partial charge in [0.05, 0.1) is 0 Å². The van der Waals surface area contributed by atoms with Gasteiger partial charge >= 0.3 is 5.97 Å². The van der Waals surface area contributed by atoms with Crippen LogP contribution in [0.5, 0.6) is 0 Å². The number of esters is 1. The number of carbonyl (C=O) groups excluding carboxylic acids is 2. The van der Waals surface area contributed by atoms with Crippen LogP contribution in [0.1, 0.15) is 12.5 Å². The van der Waals surface area contributed by atoms with Crippen molar-refractivity contribution < 1.29 is 14.3 Å². The van der Waals surface area contributed by atoms with Gasteiger partial charge in [-0.15, -0.1) is 0 Å². The van der Waals surface area contributed by atoms with E-state index in [1.807, 2.05) is 35.2 Å². The summed E-state index contributed by atoms with van der Waals surface area (Å²) in [7, 11) is 0. The predicted octanol–water partition coefficient (Wildman–Crippen LogP) is 2.32. The third kappa shape index (κ3) is 3.40. The molecule has 1 aromatic carbocycles. The molecule has 0 aromatic heterocycles. The number of ether oxygens (including phenoxy) is 1. The molecule has 0 amide bonds. The predicted molar refractivity (Wildman–Crippen MR) is 80.3 cm³/mol. The third-order valence-electron chi connectivity index (χ3n) is 3.51. The van der Waals surface area contributed by atoms with E-state index < -0.39 is 11.4 Å². The Hall–Kier alpha value is -2.36. The zero-order valence-corrected chi connectivity index (χ0v) is 12.1. The number of rotatable bonds is 5. The summed E-state index contributed by atoms with van der Waals surface area (Å²) in [6.45, 7) is 6.21. The van der Waals surface area contributed by atoms with Crippen molar-refractivity contribution in [2.24, 2.45) is 5.41 Å². The van der Waals surface area contributed by atoms with Crippen LogP contribution in [0.25, 0.3) is 0 Å². The summed E-state index contributed by atoms with van der Waals surface area (Å²) in [4.78, 5) is 26.2. The first kappa shape index (κ1) is 15.0. The van der Waals surface area contributed by atoms with Crippen LogP contribution in [0.4, 0.5) is 0 Å². The van der Waals surface area contributed by atoms with Crippen LogP contribution in [0, 0.1) is 5.41 Å². The minimum Gasteiger partial charge on any atom is -0.461 e. The molecule has 1 atom stereocenters. The van der Waals surface area contributed by atoms with Gasteiger partial charge in [0.2, 0.25) is 0 Å². The standard InChI is InChI=1S/C17H19NO3/c1-3-11-21-16(20)17(2)13-18(10-9-15(17)19)12-14-7-5-4-6-8-14/h3-10H,1,11-13H2,2H3. The zero-order valence-electron chi connectivity index (χ0n) is 12.1. The minimum atomic E-state index is -1.16. The second kappa shape index (κ2) is 6.39. The highest BCUT2D eigenvalue weighted by Gasteiger charge is 2.44. The summed E-state index contributed by atoms with van der Waals surface area (Å²) in [6, 6.07) is 9.91. The summed E-state index contributed by atoms with van der Waals surface area (Å²) in [5.74, 6) is -0.726. The van der Waals surface area contributed by atoms with E-state index in [4.69, 9.17) is 4.74 Å². The van der Waals surface area contributed by atoms with E-state index in [0.717, 1.165) is 5.56 Å². The Morgan fingerprint density at radius 1 is 1.43 bits per heavy atom. The molecular formula is C17H19NO3. The molecule has 0 saturated carbocycles. The lowest BCUT2D eigenvalue weighted by molar-refractivity contribution is -0.158. The Morgan fingerprint density at radius 3 is 2.81 bits per heavy atom. The Balaban J connectivity index is 2.11. The minimum absolute atomic E-state index is 0.115. The number of carbonyl (C=O) groups is 2. The Bertz CT molecular complexity index is 565. The Morgan fingerprint density at radius 2 is 2.14 bits per heavy atom. The average Bonchev–Trinajstić information content (AvgIpc) is 2.49. The molecule has 2 rings (SSSR count). The first-order valence-electron chi connectivity index (χ1n) is 6.85. The maximum Gasteiger partial charge on any atom is 0.321 e. The Labute approximate surface area is 124 Å². The molecule has 1 heterocycles. The normalized spacial score (nSPS) is 21.2. The lowest BCUT2D eigenvalue weighted by atomic mass is 9.83. The fourth-order valence-corrected chi connectivity index (χ4v) is 2.28. The molecule has 0 aliphatic carbocycles. The van der Waals surface area contributed by atoms with E-state index in [1.165, 1.54) is 12.2 Å². The van der Waals surface area contributed by atoms with E-state index in [0.29, 0.717) is 13.1 Å². The molecular weight excluding hydrogens is 266 g/mol. The molecule has 0 fully saturated rings. The summed E-state index contributed by atoms with van der Waals surface area (Å²) in [5.41, 5.74) is -0.0367. The topological polar surface area (TPSA) is 46.6 Å². The number of hydrogen-bond acceptors (Lipinski definition) is 4. The van der Waals surface area contributed by atoms with Gasteiger partial charge in [0, 0.05) is 19.3 Å². The second-order valence-corrected chi connectivity index (χ2v) is 5.29. The summed E-state index contributed by atoms with van der Waals surface area (Å²) in [6.07, 6.45) is 4.67. The molecule has 1 unspecified atom stereocenters. The van der Waals surface area contributed by atoms with Crippen molar-refractivity contribution in [2.75, 3.05) is 13.2 Å². The molecule has 21 heavy (non-hydrogen) atoms. The maximum atomic E-state index is 12.1. The van der Waals surface area contributed by atoms with Crippen LogP contribution in [-0.2, 0) is 20.9 Å². The highest BCUT2D eigenvalue weighted by atomic mass is 16.5. The van der Waals surface area contributed by atoms with Crippen LogP contribution in [0.15, 0.2) is 55.3 Å². The van der Waals surface area contributed by atoms with Gasteiger partial charge in [-0.05, 0) is 18.6 Å². The smallest absolute Gasteiger partial charge is 0.321 e. The summed E-state index contributed by atoms with van der Waals surface area (Å²) >= 11 is 0. The SMILES string of the molecule is C=CCOC(=O)C1(C)CN(Cc2ccccc2)C=CC1=O. The van der Waals surface area contributed by atoms with E-state index in [2.05, 4.69) is 6.58 Å². The molecule has 0 bridgehead atoms. The fourth-order valence-electron chi connectivity index (χ4n) is 2.28. The van der Waals surface area contributed by atoms with Crippen LogP contribution in [0.2, 0.25) is 0 Å². The van der Waals surface area contributed by atoms with Gasteiger partial charge in [-0.1, -0.05) is 43.0 Å². The maximum absolute atomic E-state index is 12.1. The second-order valence-electron chi connectivity index (χ2n) is 5.29. The van der Waals surface area contributed by atoms with Gasteiger partial charge in [0.15, 0.2) is 5.78 Å². The highest BCUT2D eigenvalue weighted by Crippen LogP contribution is 2.27. The van der Waals surface area contributed by atoms with Crippen molar-refractivity contribution in [2.45, 2.75) is 13.5 Å². The molecule has 4 heteroatoms. The molecule has 110 valence electrons. The van der Waals surface area contributed by atoms with E-state index in [1.54, 1.807) is 13.1 Å². The van der Waals surface area contributed by atoms with Crippen molar-refractivity contribution >= 4 is 11.8 Å². The zero-order chi connectivity index (χ0) is 15.3. The number of benzene rings is 1. The molecule has 4 nitrogen and oxygen atoms in total. The molecule has 0 spiro atoms. The number of nitrogens with zero attached hydrogens (tertiary/aromatic N) is 1. The molecule has 1 aliphatic heterocycles. The van der Waals surface area contributed by atoms with Gasteiger partial charge in [-0.2, -0.15) is 0 Å². The van der Waals surface area contributed by atoms with Crippen LogP contribution in [0.3, 0.4) is 0 Å². The summed E-state index contributed by atoms with van der Waals surface area (Å²) < 4.78 is 5.06. The molecule has 0 radical (unpaired) electrons. The van der Waals surface area contributed by atoms with Crippen molar-refractivity contribution in [1.82, 2.24) is 4.90 Å². The summed E-state index contributed by atoms with van der Waals surface area (Å²) in [5, 5.41) is 0. The van der Waals surface area contributed by atoms with E-state index in [9.17, 15) is 9.59 Å². The quantitative estimate of drug-likeness (QED) is 0.473. The van der Waals surface area contributed by atoms with Gasteiger partial charge < -0.3 is 9.64 Å². The van der Waals surface area contributed by atoms with Crippen LogP contribution < -0.4 is 0 Å². The van der Waals surface area contributed by atoms with Crippen LogP contribution >= 0.6 is 0 Å². The first-order chi connectivity index (χ1) is 10.1. The number of ketones is 1. The third-order valence-corrected chi connectivity index (χ3v) is 3.51. The van der Waals surface area contributed by atoms with Crippen molar-refractivity contribution in [3.63, 3.8) is 0 Å². The van der Waals surface area contributed by atoms with E-state index in [-0.39, 0.29) is 12.4 Å². The van der Waals surface area contributed by atoms with Crippen molar-refractivity contribution in [3.8, 4) is 0 Å². The monoisotopic (exact) mass is 285 g/mol. The lowest BCUT2D eigenvalue weighted by Crippen LogP contribution is -2.48. The van der Waals surface area contributed by atoms with E-state index >= 15 is 0 Å². The van der Waals surface area contributed by atoms with Crippen molar-refractivity contribution in [1.29, 1.82) is 0 Å². The van der Waals surface area contributed by atoms with Gasteiger partial charge in [-0.3, -0.25) is 9.59 Å². The van der Waals surface area contributed by atoms with Gasteiger partial charge in [0.25, 0.3) is 0 Å². The lowest BCUT2D eigenvalue weighted by Gasteiger charge is -2.34. The molecule has 0 saturated heterocycles. The average molecular weight is 285 g/mol. The fraction of sp³-hybridized carbons (Fsp3) is 0.294. The first-order valence-corrected chi connectivity index (χ1v) is 6.85. The highest BCUT2D eigenvalue weighted by molar-refractivity contribution is 6.09. The Kier molecular flexibility index (Phi) is 4.58.